The van der Waals surface area contributed by atoms with E-state index in [9.17, 15) is 9.59 Å². The first-order valence-electron chi connectivity index (χ1n) is 5.99. The number of aromatic nitrogens is 1. The van der Waals surface area contributed by atoms with E-state index >= 15 is 0 Å². The molecule has 0 aliphatic carbocycles. The van der Waals surface area contributed by atoms with Crippen LogP contribution in [0.4, 0.5) is 0 Å². The highest BCUT2D eigenvalue weighted by Crippen LogP contribution is 2.10. The van der Waals surface area contributed by atoms with E-state index in [1.807, 2.05) is 11.8 Å². The Morgan fingerprint density at radius 3 is 2.80 bits per heavy atom. The first-order chi connectivity index (χ1) is 8.74. The van der Waals surface area contributed by atoms with Gasteiger partial charge in [0.2, 0.25) is 11.5 Å². The third kappa shape index (κ3) is 6.65. The molecule has 1 aliphatic rings. The fourth-order valence-electron chi connectivity index (χ4n) is 1.80. The van der Waals surface area contributed by atoms with Crippen LogP contribution < -0.4 is 16.2 Å². The lowest BCUT2D eigenvalue weighted by Gasteiger charge is -2.22. The summed E-state index contributed by atoms with van der Waals surface area (Å²) >= 11 is 1.88. The fraction of sp³-hybridized carbons (Fsp3) is 0.500. The number of rotatable bonds is 4. The Morgan fingerprint density at radius 1 is 1.40 bits per heavy atom. The summed E-state index contributed by atoms with van der Waals surface area (Å²) < 4.78 is 0. The van der Waals surface area contributed by atoms with Gasteiger partial charge in [0, 0.05) is 49.3 Å². The van der Waals surface area contributed by atoms with E-state index in [1.54, 1.807) is 12.3 Å². The quantitative estimate of drug-likeness (QED) is 0.762. The van der Waals surface area contributed by atoms with Gasteiger partial charge in [0.15, 0.2) is 0 Å². The molecule has 8 heteroatoms. The molecule has 2 rings (SSSR count). The molecule has 1 fully saturated rings. The normalized spacial score (nSPS) is 17.5. The van der Waals surface area contributed by atoms with Crippen LogP contribution >= 0.6 is 36.6 Å². The Morgan fingerprint density at radius 2 is 2.20 bits per heavy atom. The van der Waals surface area contributed by atoms with E-state index in [0.29, 0.717) is 13.0 Å². The zero-order valence-corrected chi connectivity index (χ0v) is 13.3. The van der Waals surface area contributed by atoms with Crippen molar-refractivity contribution in [2.75, 3.05) is 18.1 Å². The maximum atomic E-state index is 11.7. The summed E-state index contributed by atoms with van der Waals surface area (Å²) in [6.07, 6.45) is 2.13. The van der Waals surface area contributed by atoms with Crippen molar-refractivity contribution in [1.29, 1.82) is 0 Å². The number of carbonyl (C=O) groups is 1. The van der Waals surface area contributed by atoms with Gasteiger partial charge in [-0.2, -0.15) is 11.8 Å². The summed E-state index contributed by atoms with van der Waals surface area (Å²) in [4.78, 5) is 25.2. The van der Waals surface area contributed by atoms with Crippen molar-refractivity contribution >= 4 is 42.5 Å². The molecule has 3 N–H and O–H groups in total. The van der Waals surface area contributed by atoms with E-state index in [4.69, 9.17) is 0 Å². The van der Waals surface area contributed by atoms with Crippen molar-refractivity contribution in [1.82, 2.24) is 15.6 Å². The molecule has 1 aromatic rings. The van der Waals surface area contributed by atoms with Gasteiger partial charge in [-0.3, -0.25) is 9.59 Å². The average molecular weight is 340 g/mol. The van der Waals surface area contributed by atoms with Crippen LogP contribution in [0.5, 0.6) is 0 Å². The Balaban J connectivity index is 0.00000180. The van der Waals surface area contributed by atoms with Crippen molar-refractivity contribution in [3.63, 3.8) is 0 Å². The second-order valence-corrected chi connectivity index (χ2v) is 5.42. The zero-order valence-electron chi connectivity index (χ0n) is 10.9. The molecule has 1 aliphatic heterocycles. The molecular weight excluding hydrogens is 321 g/mol. The molecule has 0 radical (unpaired) electrons. The topological polar surface area (TPSA) is 74.0 Å². The minimum atomic E-state index is -0.131. The molecule has 1 saturated heterocycles. The molecule has 0 saturated carbocycles. The molecule has 1 aromatic heterocycles. The minimum absolute atomic E-state index is 0. The third-order valence-corrected chi connectivity index (χ3v) is 3.90. The second-order valence-electron chi connectivity index (χ2n) is 4.27. The van der Waals surface area contributed by atoms with Gasteiger partial charge < -0.3 is 15.6 Å². The molecule has 1 unspecified atom stereocenters. The zero-order chi connectivity index (χ0) is 12.8. The number of amides is 1. The molecule has 0 bridgehead atoms. The van der Waals surface area contributed by atoms with Crippen molar-refractivity contribution in [2.45, 2.75) is 19.0 Å². The van der Waals surface area contributed by atoms with Gasteiger partial charge in [-0.15, -0.1) is 24.8 Å². The van der Waals surface area contributed by atoms with Gasteiger partial charge in [0.05, 0.1) is 0 Å². The van der Waals surface area contributed by atoms with Crippen LogP contribution in [0.2, 0.25) is 0 Å². The Bertz CT molecular complexity index is 444. The molecule has 5 nitrogen and oxygen atoms in total. The number of nitrogens with one attached hydrogen (secondary N) is 3. The molecule has 0 spiro atoms. The highest BCUT2D eigenvalue weighted by Gasteiger charge is 2.16. The lowest BCUT2D eigenvalue weighted by molar-refractivity contribution is -0.121. The van der Waals surface area contributed by atoms with Gasteiger partial charge in [-0.25, -0.2) is 0 Å². The number of pyridine rings is 1. The highest BCUT2D eigenvalue weighted by molar-refractivity contribution is 7.99. The Labute approximate surface area is 134 Å². The second kappa shape index (κ2) is 10.1. The van der Waals surface area contributed by atoms with E-state index in [-0.39, 0.29) is 42.3 Å². The number of aromatic amines is 1. The van der Waals surface area contributed by atoms with Crippen molar-refractivity contribution in [3.8, 4) is 0 Å². The van der Waals surface area contributed by atoms with Gasteiger partial charge in [-0.05, 0) is 5.56 Å². The van der Waals surface area contributed by atoms with Crippen molar-refractivity contribution in [3.05, 3.63) is 34.2 Å². The number of hydrogen-bond acceptors (Lipinski definition) is 4. The number of hydrogen-bond donors (Lipinski definition) is 3. The predicted molar refractivity (Wildman–Crippen MR) is 87.1 cm³/mol. The minimum Gasteiger partial charge on any atom is -0.352 e. The average Bonchev–Trinajstić information content (AvgIpc) is 2.39. The van der Waals surface area contributed by atoms with Crippen LogP contribution in [-0.4, -0.2) is 35.0 Å². The van der Waals surface area contributed by atoms with Crippen LogP contribution in [-0.2, 0) is 11.3 Å². The summed E-state index contributed by atoms with van der Waals surface area (Å²) in [7, 11) is 0. The van der Waals surface area contributed by atoms with Crippen LogP contribution in [0.3, 0.4) is 0 Å². The number of thioether (sulfide) groups is 1. The van der Waals surface area contributed by atoms with E-state index in [0.717, 1.165) is 23.6 Å². The van der Waals surface area contributed by atoms with Gasteiger partial charge >= 0.3 is 0 Å². The monoisotopic (exact) mass is 339 g/mol. The summed E-state index contributed by atoms with van der Waals surface area (Å²) in [6, 6.07) is 3.45. The maximum Gasteiger partial charge on any atom is 0.247 e. The molecule has 20 heavy (non-hydrogen) atoms. The summed E-state index contributed by atoms with van der Waals surface area (Å²) in [5.74, 6) is 2.16. The Hall–Kier alpha value is -0.690. The predicted octanol–water partition coefficient (Wildman–Crippen LogP) is 0.930. The lowest BCUT2D eigenvalue weighted by Crippen LogP contribution is -2.41. The number of H-pyrrole nitrogens is 1. The summed E-state index contributed by atoms with van der Waals surface area (Å²) in [5.41, 5.74) is 0.766. The molecule has 114 valence electrons. The van der Waals surface area contributed by atoms with Crippen molar-refractivity contribution in [2.24, 2.45) is 0 Å². The van der Waals surface area contributed by atoms with E-state index in [1.165, 1.54) is 6.07 Å². The number of carbonyl (C=O) groups excluding carboxylic acids is 1. The van der Waals surface area contributed by atoms with Crippen molar-refractivity contribution < 1.29 is 4.79 Å². The number of halogens is 2. The van der Waals surface area contributed by atoms with Crippen LogP contribution in [0.25, 0.3) is 0 Å². The van der Waals surface area contributed by atoms with Crippen LogP contribution in [0, 0.1) is 0 Å². The first-order valence-corrected chi connectivity index (χ1v) is 7.15. The first kappa shape index (κ1) is 19.3. The summed E-state index contributed by atoms with van der Waals surface area (Å²) in [5, 5.41) is 6.18. The van der Waals surface area contributed by atoms with Gasteiger partial charge in [0.25, 0.3) is 0 Å². The lowest BCUT2D eigenvalue weighted by atomic mass is 10.2. The summed E-state index contributed by atoms with van der Waals surface area (Å²) in [6.45, 7) is 1.43. The fourth-order valence-corrected chi connectivity index (χ4v) is 2.75. The Kier molecular flexibility index (Phi) is 9.75. The molecular formula is C12H19Cl2N3O2S. The van der Waals surface area contributed by atoms with E-state index < -0.39 is 0 Å². The molecule has 0 aromatic carbocycles. The smallest absolute Gasteiger partial charge is 0.247 e. The maximum absolute atomic E-state index is 11.7. The molecule has 1 amide bonds. The molecule has 2 heterocycles. The van der Waals surface area contributed by atoms with Gasteiger partial charge in [-0.1, -0.05) is 6.07 Å². The van der Waals surface area contributed by atoms with Crippen LogP contribution in [0.1, 0.15) is 12.0 Å². The largest absolute Gasteiger partial charge is 0.352 e. The third-order valence-electron chi connectivity index (χ3n) is 2.77. The van der Waals surface area contributed by atoms with E-state index in [2.05, 4.69) is 15.6 Å². The van der Waals surface area contributed by atoms with Gasteiger partial charge in [0.1, 0.15) is 0 Å². The standard InChI is InChI=1S/C12H17N3O2S.2ClH/c16-11-2-1-9(6-14-11)7-15-12(17)5-10-8-18-4-3-13-10;;/h1-2,6,10,13H,3-5,7-8H2,(H,14,16)(H,15,17);2*1H. The SMILES string of the molecule is Cl.Cl.O=C(CC1CSCCN1)NCc1ccc(=O)[nH]c1. The molecule has 1 atom stereocenters. The van der Waals surface area contributed by atoms with Crippen LogP contribution in [0.15, 0.2) is 23.1 Å². The highest BCUT2D eigenvalue weighted by atomic mass is 35.5.